The van der Waals surface area contributed by atoms with Gasteiger partial charge in [-0.05, 0) is 18.6 Å². The van der Waals surface area contributed by atoms with Crippen LogP contribution in [-0.2, 0) is 4.79 Å². The van der Waals surface area contributed by atoms with Crippen molar-refractivity contribution in [2.75, 3.05) is 23.4 Å². The minimum absolute atomic E-state index is 0.108. The molecule has 0 fully saturated rings. The maximum atomic E-state index is 11.4. The molecule has 1 atom stereocenters. The highest BCUT2D eigenvalue weighted by Gasteiger charge is 2.07. The Bertz CT molecular complexity index is 341. The molecule has 0 radical (unpaired) electrons. The van der Waals surface area contributed by atoms with Crippen molar-refractivity contribution < 1.29 is 14.4 Å². The van der Waals surface area contributed by atoms with E-state index in [1.807, 2.05) is 6.92 Å². The van der Waals surface area contributed by atoms with Gasteiger partial charge in [-0.3, -0.25) is 4.79 Å². The summed E-state index contributed by atoms with van der Waals surface area (Å²) in [7, 11) is 0. The molecule has 5 nitrogen and oxygen atoms in total. The molecule has 1 aromatic heterocycles. The van der Waals surface area contributed by atoms with E-state index in [9.17, 15) is 4.79 Å². The smallest absolute Gasteiger partial charge is 0.235 e. The van der Waals surface area contributed by atoms with E-state index in [1.54, 1.807) is 13.0 Å². The fraction of sp³-hybridized carbons (Fsp3) is 0.600. The monoisotopic (exact) mass is 244 g/mol. The van der Waals surface area contributed by atoms with E-state index in [2.05, 4.69) is 10.5 Å². The first kappa shape index (κ1) is 13.1. The fourth-order valence-electron chi connectivity index (χ4n) is 1.01. The summed E-state index contributed by atoms with van der Waals surface area (Å²) in [5.74, 6) is 2.34. The van der Waals surface area contributed by atoms with Crippen LogP contribution in [0.2, 0.25) is 0 Å². The first-order chi connectivity index (χ1) is 7.61. The van der Waals surface area contributed by atoms with Crippen LogP contribution in [0, 0.1) is 12.8 Å². The van der Waals surface area contributed by atoms with Gasteiger partial charge in [0.2, 0.25) is 5.91 Å². The van der Waals surface area contributed by atoms with Gasteiger partial charge in [0.15, 0.2) is 5.82 Å². The van der Waals surface area contributed by atoms with Gasteiger partial charge in [-0.1, -0.05) is 12.1 Å². The van der Waals surface area contributed by atoms with Crippen molar-refractivity contribution in [2.24, 2.45) is 5.92 Å². The Balaban J connectivity index is 2.21. The number of aliphatic hydroxyl groups excluding tert-OH is 1. The van der Waals surface area contributed by atoms with E-state index in [0.29, 0.717) is 17.3 Å². The van der Waals surface area contributed by atoms with Crippen LogP contribution in [0.4, 0.5) is 5.82 Å². The average molecular weight is 244 g/mol. The zero-order chi connectivity index (χ0) is 12.0. The quantitative estimate of drug-likeness (QED) is 0.788. The predicted octanol–water partition coefficient (Wildman–Crippen LogP) is 1.28. The average Bonchev–Trinajstić information content (AvgIpc) is 2.63. The fourth-order valence-corrected chi connectivity index (χ4v) is 1.89. The lowest BCUT2D eigenvalue weighted by Crippen LogP contribution is -2.15. The molecule has 0 saturated carbocycles. The lowest BCUT2D eigenvalue weighted by molar-refractivity contribution is -0.113. The van der Waals surface area contributed by atoms with Crippen molar-refractivity contribution in [3.8, 4) is 0 Å². The summed E-state index contributed by atoms with van der Waals surface area (Å²) >= 11 is 1.49. The Morgan fingerprint density at radius 2 is 2.50 bits per heavy atom. The number of anilines is 1. The number of carbonyl (C=O) groups excluding carboxylic acids is 1. The predicted molar refractivity (Wildman–Crippen MR) is 63.4 cm³/mol. The molecule has 1 amide bonds. The summed E-state index contributed by atoms with van der Waals surface area (Å²) in [5, 5.41) is 15.1. The van der Waals surface area contributed by atoms with Gasteiger partial charge in [-0.25, -0.2) is 0 Å². The van der Waals surface area contributed by atoms with E-state index in [0.717, 1.165) is 5.75 Å². The number of aryl methyl sites for hydroxylation is 1. The third-order valence-corrected chi connectivity index (χ3v) is 3.11. The van der Waals surface area contributed by atoms with Gasteiger partial charge in [0.25, 0.3) is 0 Å². The Morgan fingerprint density at radius 1 is 1.75 bits per heavy atom. The van der Waals surface area contributed by atoms with E-state index in [-0.39, 0.29) is 18.4 Å². The van der Waals surface area contributed by atoms with Crippen LogP contribution >= 0.6 is 11.8 Å². The first-order valence-corrected chi connectivity index (χ1v) is 6.19. The number of thioether (sulfide) groups is 1. The van der Waals surface area contributed by atoms with Crippen molar-refractivity contribution in [3.63, 3.8) is 0 Å². The summed E-state index contributed by atoms with van der Waals surface area (Å²) in [6, 6.07) is 1.67. The van der Waals surface area contributed by atoms with Crippen molar-refractivity contribution >= 4 is 23.5 Å². The van der Waals surface area contributed by atoms with Crippen LogP contribution in [0.1, 0.15) is 12.7 Å². The summed E-state index contributed by atoms with van der Waals surface area (Å²) < 4.78 is 4.82. The van der Waals surface area contributed by atoms with E-state index >= 15 is 0 Å². The van der Waals surface area contributed by atoms with E-state index < -0.39 is 0 Å². The number of amides is 1. The minimum Gasteiger partial charge on any atom is -0.396 e. The number of nitrogens with one attached hydrogen (secondary N) is 1. The number of hydrogen-bond donors (Lipinski definition) is 2. The molecule has 0 aliphatic heterocycles. The van der Waals surface area contributed by atoms with Crippen LogP contribution in [0.25, 0.3) is 0 Å². The molecule has 0 bridgehead atoms. The second-order valence-electron chi connectivity index (χ2n) is 3.67. The van der Waals surface area contributed by atoms with Crippen molar-refractivity contribution in [2.45, 2.75) is 13.8 Å². The molecule has 0 saturated heterocycles. The van der Waals surface area contributed by atoms with Gasteiger partial charge >= 0.3 is 0 Å². The molecule has 0 aliphatic rings. The lowest BCUT2D eigenvalue weighted by Gasteiger charge is -2.06. The molecule has 0 aromatic carbocycles. The second kappa shape index (κ2) is 6.55. The molecular weight excluding hydrogens is 228 g/mol. The highest BCUT2D eigenvalue weighted by Crippen LogP contribution is 2.10. The summed E-state index contributed by atoms with van der Waals surface area (Å²) in [5.41, 5.74) is 0. The Morgan fingerprint density at radius 3 is 3.06 bits per heavy atom. The molecule has 1 rings (SSSR count). The Kier molecular flexibility index (Phi) is 5.34. The largest absolute Gasteiger partial charge is 0.396 e. The van der Waals surface area contributed by atoms with Crippen molar-refractivity contribution in [1.82, 2.24) is 5.16 Å². The third-order valence-electron chi connectivity index (χ3n) is 1.84. The lowest BCUT2D eigenvalue weighted by atomic mass is 10.2. The number of carbonyl (C=O) groups is 1. The Hall–Kier alpha value is -1.01. The highest BCUT2D eigenvalue weighted by atomic mass is 32.2. The highest BCUT2D eigenvalue weighted by molar-refractivity contribution is 7.99. The van der Waals surface area contributed by atoms with Crippen LogP contribution < -0.4 is 5.32 Å². The maximum Gasteiger partial charge on any atom is 0.235 e. The number of rotatable bonds is 6. The van der Waals surface area contributed by atoms with Gasteiger partial charge in [0.05, 0.1) is 5.75 Å². The molecule has 1 heterocycles. The van der Waals surface area contributed by atoms with Gasteiger partial charge < -0.3 is 14.9 Å². The molecular formula is C10H16N2O3S. The number of hydrogen-bond acceptors (Lipinski definition) is 5. The maximum absolute atomic E-state index is 11.4. The molecule has 1 aromatic rings. The standard InChI is InChI=1S/C10H16N2O3S/c1-7(4-13)5-16-6-10(14)11-9-3-8(2)15-12-9/h3,7,13H,4-6H2,1-2H3,(H,11,12,14). The molecule has 6 heteroatoms. The van der Waals surface area contributed by atoms with Crippen molar-refractivity contribution in [3.05, 3.63) is 11.8 Å². The zero-order valence-electron chi connectivity index (χ0n) is 9.40. The molecule has 16 heavy (non-hydrogen) atoms. The molecule has 90 valence electrons. The van der Waals surface area contributed by atoms with Crippen LogP contribution in [-0.4, -0.2) is 34.3 Å². The van der Waals surface area contributed by atoms with Crippen LogP contribution in [0.15, 0.2) is 10.6 Å². The van der Waals surface area contributed by atoms with Gasteiger partial charge in [0, 0.05) is 12.7 Å². The number of aromatic nitrogens is 1. The van der Waals surface area contributed by atoms with Crippen LogP contribution in [0.3, 0.4) is 0 Å². The van der Waals surface area contributed by atoms with E-state index in [1.165, 1.54) is 11.8 Å². The first-order valence-electron chi connectivity index (χ1n) is 5.03. The van der Waals surface area contributed by atoms with Gasteiger partial charge in [-0.15, -0.1) is 0 Å². The van der Waals surface area contributed by atoms with Gasteiger partial charge in [-0.2, -0.15) is 11.8 Å². The molecule has 0 aliphatic carbocycles. The molecule has 1 unspecified atom stereocenters. The van der Waals surface area contributed by atoms with Gasteiger partial charge in [0.1, 0.15) is 5.76 Å². The SMILES string of the molecule is Cc1cc(NC(=O)CSCC(C)CO)no1. The number of aliphatic hydroxyl groups is 1. The number of nitrogens with zero attached hydrogens (tertiary/aromatic N) is 1. The molecule has 2 N–H and O–H groups in total. The zero-order valence-corrected chi connectivity index (χ0v) is 10.2. The second-order valence-corrected chi connectivity index (χ2v) is 4.70. The normalized spacial score (nSPS) is 12.4. The minimum atomic E-state index is -0.108. The third kappa shape index (κ3) is 4.67. The molecule has 0 spiro atoms. The summed E-state index contributed by atoms with van der Waals surface area (Å²) in [4.78, 5) is 11.4. The van der Waals surface area contributed by atoms with Crippen molar-refractivity contribution in [1.29, 1.82) is 0 Å². The summed E-state index contributed by atoms with van der Waals surface area (Å²) in [6.07, 6.45) is 0. The summed E-state index contributed by atoms with van der Waals surface area (Å²) in [6.45, 7) is 3.85. The van der Waals surface area contributed by atoms with Crippen LogP contribution in [0.5, 0.6) is 0 Å². The topological polar surface area (TPSA) is 75.4 Å². The van der Waals surface area contributed by atoms with E-state index in [4.69, 9.17) is 9.63 Å². The Labute approximate surface area is 98.6 Å².